The molecule has 1 aromatic carbocycles. The van der Waals surface area contributed by atoms with Crippen LogP contribution in [0.5, 0.6) is 5.75 Å². The number of piperidine rings is 1. The number of aromatic nitrogens is 3. The Morgan fingerprint density at radius 1 is 1.10 bits per heavy atom. The van der Waals surface area contributed by atoms with Crippen molar-refractivity contribution in [3.05, 3.63) is 66.6 Å². The second-order valence-electron chi connectivity index (χ2n) is 7.40. The minimum absolute atomic E-state index is 0.265. The van der Waals surface area contributed by atoms with E-state index in [9.17, 15) is 4.79 Å². The summed E-state index contributed by atoms with van der Waals surface area (Å²) in [6.45, 7) is 1.42. The molecule has 1 saturated heterocycles. The Morgan fingerprint density at radius 2 is 1.90 bits per heavy atom. The molecule has 0 bridgehead atoms. The number of pyridine rings is 1. The Labute approximate surface area is 191 Å². The topological polar surface area (TPSA) is 60.2 Å². The minimum atomic E-state index is -0.265. The summed E-state index contributed by atoms with van der Waals surface area (Å²) >= 11 is 3.53. The van der Waals surface area contributed by atoms with Gasteiger partial charge in [-0.15, -0.1) is 11.8 Å². The fourth-order valence-corrected chi connectivity index (χ4v) is 5.32. The first-order chi connectivity index (χ1) is 15.2. The number of likely N-dealkylation sites (tertiary alicyclic amines) is 1. The summed E-state index contributed by atoms with van der Waals surface area (Å²) in [4.78, 5) is 23.0. The largest absolute Gasteiger partial charge is 0.415 e. The highest BCUT2D eigenvalue weighted by atomic mass is 32.2. The van der Waals surface area contributed by atoms with Crippen molar-refractivity contribution in [1.29, 1.82) is 0 Å². The SMILES string of the molecule is Cn1ccnc1SC1CCN(C(=O)Oc2ccc(CCSc3ccccn3)cc2)CC1. The van der Waals surface area contributed by atoms with Gasteiger partial charge in [0.1, 0.15) is 5.75 Å². The molecule has 31 heavy (non-hydrogen) atoms. The lowest BCUT2D eigenvalue weighted by Gasteiger charge is -2.30. The van der Waals surface area contributed by atoms with Gasteiger partial charge in [0.2, 0.25) is 0 Å². The number of aryl methyl sites for hydroxylation is 2. The van der Waals surface area contributed by atoms with Crippen LogP contribution in [-0.4, -0.2) is 49.6 Å². The van der Waals surface area contributed by atoms with Crippen LogP contribution in [0.3, 0.4) is 0 Å². The van der Waals surface area contributed by atoms with Gasteiger partial charge in [-0.25, -0.2) is 14.8 Å². The summed E-state index contributed by atoms with van der Waals surface area (Å²) in [7, 11) is 2.01. The number of hydrogen-bond donors (Lipinski definition) is 0. The lowest BCUT2D eigenvalue weighted by atomic mass is 10.1. The van der Waals surface area contributed by atoms with Gasteiger partial charge in [0, 0.05) is 49.7 Å². The summed E-state index contributed by atoms with van der Waals surface area (Å²) in [5, 5.41) is 2.54. The molecule has 0 unspecified atom stereocenters. The lowest BCUT2D eigenvalue weighted by Crippen LogP contribution is -2.40. The standard InChI is InChI=1S/C23H26N4O2S2/c1-26-16-13-25-22(26)31-20-9-14-27(15-10-20)23(28)29-19-7-5-18(6-8-19)11-17-30-21-4-2-3-12-24-21/h2-8,12-13,16,20H,9-11,14-15,17H2,1H3. The zero-order valence-corrected chi connectivity index (χ0v) is 19.1. The molecule has 0 spiro atoms. The second-order valence-corrected chi connectivity index (χ2v) is 9.79. The zero-order chi connectivity index (χ0) is 21.5. The smallest absolute Gasteiger partial charge is 0.410 e. The van der Waals surface area contributed by atoms with Crippen LogP contribution in [0, 0.1) is 0 Å². The van der Waals surface area contributed by atoms with Crippen LogP contribution in [0.4, 0.5) is 4.79 Å². The number of thioether (sulfide) groups is 2. The van der Waals surface area contributed by atoms with Crippen LogP contribution < -0.4 is 4.74 Å². The van der Waals surface area contributed by atoms with Crippen LogP contribution >= 0.6 is 23.5 Å². The number of carbonyl (C=O) groups excluding carboxylic acids is 1. The quantitative estimate of drug-likeness (QED) is 0.473. The summed E-state index contributed by atoms with van der Waals surface area (Å²) in [6.07, 6.45) is 8.15. The number of ether oxygens (including phenoxy) is 1. The van der Waals surface area contributed by atoms with Gasteiger partial charge in [-0.05, 0) is 49.1 Å². The third-order valence-electron chi connectivity index (χ3n) is 5.16. The predicted molar refractivity (Wildman–Crippen MR) is 125 cm³/mol. The monoisotopic (exact) mass is 454 g/mol. The molecule has 1 amide bonds. The predicted octanol–water partition coefficient (Wildman–Crippen LogP) is 4.91. The average Bonchev–Trinajstić information content (AvgIpc) is 3.20. The Hall–Kier alpha value is -2.45. The van der Waals surface area contributed by atoms with Gasteiger partial charge in [-0.3, -0.25) is 0 Å². The molecule has 1 aliphatic rings. The van der Waals surface area contributed by atoms with Crippen LogP contribution in [0.2, 0.25) is 0 Å². The molecule has 6 nitrogen and oxygen atoms in total. The first-order valence-electron chi connectivity index (χ1n) is 10.4. The fraction of sp³-hybridized carbons (Fsp3) is 0.348. The Morgan fingerprint density at radius 3 is 2.58 bits per heavy atom. The van der Waals surface area contributed by atoms with E-state index in [0.29, 0.717) is 24.1 Å². The number of imidazole rings is 1. The van der Waals surface area contributed by atoms with Gasteiger partial charge in [0.05, 0.1) is 5.03 Å². The molecule has 0 N–H and O–H groups in total. The maximum atomic E-state index is 12.5. The van der Waals surface area contributed by atoms with Crippen molar-refractivity contribution in [2.75, 3.05) is 18.8 Å². The molecule has 4 rings (SSSR count). The summed E-state index contributed by atoms with van der Waals surface area (Å²) in [5.74, 6) is 1.55. The van der Waals surface area contributed by atoms with E-state index < -0.39 is 0 Å². The molecule has 162 valence electrons. The normalized spacial score (nSPS) is 14.5. The van der Waals surface area contributed by atoms with E-state index in [-0.39, 0.29) is 6.09 Å². The van der Waals surface area contributed by atoms with Crippen molar-refractivity contribution >= 4 is 29.6 Å². The highest BCUT2D eigenvalue weighted by Crippen LogP contribution is 2.29. The van der Waals surface area contributed by atoms with Crippen LogP contribution in [0.25, 0.3) is 0 Å². The maximum Gasteiger partial charge on any atom is 0.415 e. The Balaban J connectivity index is 1.19. The molecule has 0 radical (unpaired) electrons. The highest BCUT2D eigenvalue weighted by Gasteiger charge is 2.25. The molecular formula is C23H26N4O2S2. The van der Waals surface area contributed by atoms with E-state index >= 15 is 0 Å². The molecule has 3 aromatic rings. The van der Waals surface area contributed by atoms with E-state index in [1.807, 2.05) is 72.7 Å². The summed E-state index contributed by atoms with van der Waals surface area (Å²) in [6, 6.07) is 13.8. The minimum Gasteiger partial charge on any atom is -0.410 e. The second kappa shape index (κ2) is 10.7. The van der Waals surface area contributed by atoms with E-state index in [1.54, 1.807) is 28.4 Å². The number of amides is 1. The van der Waals surface area contributed by atoms with E-state index in [0.717, 1.165) is 35.2 Å². The Kier molecular flexibility index (Phi) is 7.53. The van der Waals surface area contributed by atoms with Crippen LogP contribution in [0.1, 0.15) is 18.4 Å². The lowest BCUT2D eigenvalue weighted by molar-refractivity contribution is 0.143. The number of hydrogen-bond acceptors (Lipinski definition) is 6. The van der Waals surface area contributed by atoms with Gasteiger partial charge in [0.15, 0.2) is 5.16 Å². The first-order valence-corrected chi connectivity index (χ1v) is 12.3. The van der Waals surface area contributed by atoms with E-state index in [4.69, 9.17) is 4.74 Å². The van der Waals surface area contributed by atoms with Crippen molar-refractivity contribution in [2.24, 2.45) is 7.05 Å². The summed E-state index contributed by atoms with van der Waals surface area (Å²) in [5.41, 5.74) is 1.22. The highest BCUT2D eigenvalue weighted by molar-refractivity contribution is 7.99. The number of carbonyl (C=O) groups is 1. The first kappa shape index (κ1) is 21.8. The molecule has 0 atom stereocenters. The molecular weight excluding hydrogens is 428 g/mol. The van der Waals surface area contributed by atoms with Gasteiger partial charge in [-0.1, -0.05) is 30.0 Å². The van der Waals surface area contributed by atoms with Crippen LogP contribution in [0.15, 0.2) is 71.2 Å². The Bertz CT molecular complexity index is 971. The van der Waals surface area contributed by atoms with Crippen LogP contribution in [-0.2, 0) is 13.5 Å². The fourth-order valence-electron chi connectivity index (χ4n) is 3.37. The molecule has 8 heteroatoms. The number of rotatable bonds is 7. The molecule has 1 fully saturated rings. The molecule has 0 saturated carbocycles. The van der Waals surface area contributed by atoms with Gasteiger partial charge >= 0.3 is 6.09 Å². The van der Waals surface area contributed by atoms with Crippen molar-refractivity contribution in [3.63, 3.8) is 0 Å². The summed E-state index contributed by atoms with van der Waals surface area (Å²) < 4.78 is 7.63. The molecule has 0 aliphatic carbocycles. The van der Waals surface area contributed by atoms with Gasteiger partial charge < -0.3 is 14.2 Å². The number of nitrogens with zero attached hydrogens (tertiary/aromatic N) is 4. The number of benzene rings is 1. The molecule has 2 aromatic heterocycles. The van der Waals surface area contributed by atoms with Crippen molar-refractivity contribution in [2.45, 2.75) is 34.7 Å². The third-order valence-corrected chi connectivity index (χ3v) is 7.51. The van der Waals surface area contributed by atoms with Gasteiger partial charge in [-0.2, -0.15) is 0 Å². The van der Waals surface area contributed by atoms with Crippen molar-refractivity contribution in [1.82, 2.24) is 19.4 Å². The average molecular weight is 455 g/mol. The zero-order valence-electron chi connectivity index (χ0n) is 17.5. The third kappa shape index (κ3) is 6.27. The van der Waals surface area contributed by atoms with E-state index in [2.05, 4.69) is 9.97 Å². The molecule has 1 aliphatic heterocycles. The van der Waals surface area contributed by atoms with Gasteiger partial charge in [0.25, 0.3) is 0 Å². The van der Waals surface area contributed by atoms with Crippen molar-refractivity contribution in [3.8, 4) is 5.75 Å². The van der Waals surface area contributed by atoms with E-state index in [1.165, 1.54) is 5.56 Å². The molecule has 3 heterocycles. The van der Waals surface area contributed by atoms with Crippen molar-refractivity contribution < 1.29 is 9.53 Å². The maximum absolute atomic E-state index is 12.5.